The molecule has 0 bridgehead atoms. The van der Waals surface area contributed by atoms with Crippen LogP contribution in [0.1, 0.15) is 37.8 Å². The third kappa shape index (κ3) is 4.03. The van der Waals surface area contributed by atoms with Crippen molar-refractivity contribution < 1.29 is 17.6 Å². The number of nitrogens with zero attached hydrogens (tertiary/aromatic N) is 2. The topological polar surface area (TPSA) is 102 Å². The van der Waals surface area contributed by atoms with Crippen LogP contribution in [0.5, 0.6) is 0 Å². The van der Waals surface area contributed by atoms with Crippen molar-refractivity contribution in [1.29, 1.82) is 0 Å². The minimum absolute atomic E-state index is 0.147. The van der Waals surface area contributed by atoms with Crippen molar-refractivity contribution >= 4 is 32.7 Å². The number of hydrogen-bond donors (Lipinski definition) is 1. The Bertz CT molecular complexity index is 1290. The van der Waals surface area contributed by atoms with Crippen LogP contribution in [0.25, 0.3) is 11.1 Å². The summed E-state index contributed by atoms with van der Waals surface area (Å²) in [5.74, 6) is -1.06. The van der Waals surface area contributed by atoms with Crippen LogP contribution in [0.2, 0.25) is 0 Å². The van der Waals surface area contributed by atoms with E-state index in [1.54, 1.807) is 50.2 Å². The molecule has 4 rings (SSSR count). The second kappa shape index (κ2) is 8.32. The molecule has 1 aliphatic heterocycles. The Labute approximate surface area is 180 Å². The molecular formula is C22H25N3O5S. The number of amides is 1. The lowest BCUT2D eigenvalue weighted by Gasteiger charge is -2.26. The van der Waals surface area contributed by atoms with Gasteiger partial charge in [0.15, 0.2) is 5.58 Å². The molecule has 1 fully saturated rings. The fraction of sp³-hybridized carbons (Fsp3) is 0.364. The van der Waals surface area contributed by atoms with Gasteiger partial charge in [-0.05, 0) is 56.5 Å². The summed E-state index contributed by atoms with van der Waals surface area (Å²) in [6, 6.07) is 10.8. The van der Waals surface area contributed by atoms with Crippen LogP contribution < -0.4 is 11.1 Å². The molecule has 1 aromatic heterocycles. The first-order valence-electron chi connectivity index (χ1n) is 10.3. The number of aryl methyl sites for hydroxylation is 1. The molecule has 3 aromatic rings. The molecule has 1 aliphatic rings. The van der Waals surface area contributed by atoms with Gasteiger partial charge in [-0.1, -0.05) is 24.6 Å². The zero-order valence-electron chi connectivity index (χ0n) is 17.5. The largest absolute Gasteiger partial charge is 0.420 e. The summed E-state index contributed by atoms with van der Waals surface area (Å²) in [5.41, 5.74) is 2.05. The Balaban J connectivity index is 1.61. The van der Waals surface area contributed by atoms with E-state index in [-0.39, 0.29) is 4.90 Å². The predicted octanol–water partition coefficient (Wildman–Crippen LogP) is 3.28. The lowest BCUT2D eigenvalue weighted by Crippen LogP contribution is -2.35. The van der Waals surface area contributed by atoms with Crippen molar-refractivity contribution in [2.45, 2.75) is 44.0 Å². The Morgan fingerprint density at radius 1 is 1.10 bits per heavy atom. The maximum Gasteiger partial charge on any atom is 0.420 e. The molecule has 0 saturated carbocycles. The number of benzene rings is 2. The molecule has 164 valence electrons. The molecule has 9 heteroatoms. The third-order valence-corrected chi connectivity index (χ3v) is 7.60. The van der Waals surface area contributed by atoms with Crippen molar-refractivity contribution in [1.82, 2.24) is 8.87 Å². The number of rotatable bonds is 5. The maximum atomic E-state index is 13.0. The third-order valence-electron chi connectivity index (χ3n) is 5.71. The van der Waals surface area contributed by atoms with Gasteiger partial charge in [-0.2, -0.15) is 4.31 Å². The highest BCUT2D eigenvalue weighted by atomic mass is 32.2. The number of sulfonamides is 1. The number of carbonyl (C=O) groups excluding carboxylic acids is 1. The van der Waals surface area contributed by atoms with Crippen LogP contribution >= 0.6 is 0 Å². The van der Waals surface area contributed by atoms with Gasteiger partial charge in [-0.3, -0.25) is 9.36 Å². The fourth-order valence-corrected chi connectivity index (χ4v) is 5.40. The summed E-state index contributed by atoms with van der Waals surface area (Å²) in [6.07, 6.45) is 2.72. The van der Waals surface area contributed by atoms with Gasteiger partial charge in [-0.15, -0.1) is 0 Å². The van der Waals surface area contributed by atoms with E-state index in [1.165, 1.54) is 14.9 Å². The molecule has 2 aromatic carbocycles. The smallest absolute Gasteiger partial charge is 0.408 e. The standard InChI is InChI=1S/C22H25N3O5S/c1-15-10-11-17(31(28,29)24-12-6-3-7-13-24)14-18(15)23-21(26)16(2)25-19-8-4-5-9-20(19)30-22(25)27/h4-5,8-11,14,16H,3,6-7,12-13H2,1-2H3,(H,23,26). The van der Waals surface area contributed by atoms with Crippen LogP contribution in [0, 0.1) is 6.92 Å². The Morgan fingerprint density at radius 3 is 2.55 bits per heavy atom. The van der Waals surface area contributed by atoms with Gasteiger partial charge >= 0.3 is 5.76 Å². The Kier molecular flexibility index (Phi) is 5.72. The Hall–Kier alpha value is -2.91. The Morgan fingerprint density at radius 2 is 1.81 bits per heavy atom. The second-order valence-electron chi connectivity index (χ2n) is 7.81. The van der Waals surface area contributed by atoms with E-state index in [9.17, 15) is 18.0 Å². The van der Waals surface area contributed by atoms with Gasteiger partial charge in [0.25, 0.3) is 0 Å². The van der Waals surface area contributed by atoms with Crippen molar-refractivity contribution in [3.63, 3.8) is 0 Å². The summed E-state index contributed by atoms with van der Waals surface area (Å²) in [6.45, 7) is 4.40. The molecular weight excluding hydrogens is 418 g/mol. The lowest BCUT2D eigenvalue weighted by atomic mass is 10.2. The second-order valence-corrected chi connectivity index (χ2v) is 9.75. The number of hydrogen-bond acceptors (Lipinski definition) is 5. The molecule has 1 unspecified atom stereocenters. The summed E-state index contributed by atoms with van der Waals surface area (Å²) in [5, 5.41) is 2.78. The molecule has 1 saturated heterocycles. The highest BCUT2D eigenvalue weighted by Crippen LogP contribution is 2.26. The molecule has 0 radical (unpaired) electrons. The van der Waals surface area contributed by atoms with Crippen LogP contribution in [0.3, 0.4) is 0 Å². The van der Waals surface area contributed by atoms with Crippen LogP contribution in [0.15, 0.2) is 56.6 Å². The van der Waals surface area contributed by atoms with Crippen LogP contribution in [0.4, 0.5) is 5.69 Å². The SMILES string of the molecule is Cc1ccc(S(=O)(=O)N2CCCCC2)cc1NC(=O)C(C)n1c(=O)oc2ccccc21. The van der Waals surface area contributed by atoms with E-state index in [0.29, 0.717) is 29.9 Å². The first-order valence-corrected chi connectivity index (χ1v) is 11.7. The quantitative estimate of drug-likeness (QED) is 0.652. The number of carbonyl (C=O) groups is 1. The number of oxazole rings is 1. The number of anilines is 1. The van der Waals surface area contributed by atoms with E-state index in [1.807, 2.05) is 0 Å². The van der Waals surface area contributed by atoms with Crippen molar-refractivity contribution in [3.8, 4) is 0 Å². The van der Waals surface area contributed by atoms with Gasteiger partial charge in [0.05, 0.1) is 10.4 Å². The first-order chi connectivity index (χ1) is 14.8. The highest BCUT2D eigenvalue weighted by Gasteiger charge is 2.27. The van der Waals surface area contributed by atoms with Gasteiger partial charge < -0.3 is 9.73 Å². The van der Waals surface area contributed by atoms with Crippen molar-refractivity contribution in [3.05, 3.63) is 58.6 Å². The highest BCUT2D eigenvalue weighted by molar-refractivity contribution is 7.89. The molecule has 1 amide bonds. The summed E-state index contributed by atoms with van der Waals surface area (Å²) in [4.78, 5) is 25.4. The lowest BCUT2D eigenvalue weighted by molar-refractivity contribution is -0.118. The fourth-order valence-electron chi connectivity index (χ4n) is 3.86. The van der Waals surface area contributed by atoms with Crippen molar-refractivity contribution in [2.75, 3.05) is 18.4 Å². The molecule has 1 N–H and O–H groups in total. The number of aromatic nitrogens is 1. The van der Waals surface area contributed by atoms with Gasteiger partial charge in [0.2, 0.25) is 15.9 Å². The number of para-hydroxylation sites is 2. The average molecular weight is 444 g/mol. The minimum atomic E-state index is -3.62. The number of fused-ring (bicyclic) bond motifs is 1. The summed E-state index contributed by atoms with van der Waals surface area (Å²) in [7, 11) is -3.62. The average Bonchev–Trinajstić information content (AvgIpc) is 3.10. The zero-order chi connectivity index (χ0) is 22.2. The van der Waals surface area contributed by atoms with Gasteiger partial charge in [-0.25, -0.2) is 13.2 Å². The maximum absolute atomic E-state index is 13.0. The molecule has 2 heterocycles. The minimum Gasteiger partial charge on any atom is -0.408 e. The van der Waals surface area contributed by atoms with E-state index < -0.39 is 27.7 Å². The number of nitrogens with one attached hydrogen (secondary N) is 1. The van der Waals surface area contributed by atoms with E-state index in [4.69, 9.17) is 4.42 Å². The molecule has 0 aliphatic carbocycles. The summed E-state index contributed by atoms with van der Waals surface area (Å²) >= 11 is 0. The molecule has 31 heavy (non-hydrogen) atoms. The normalized spacial score (nSPS) is 16.3. The van der Waals surface area contributed by atoms with Gasteiger partial charge in [0.1, 0.15) is 6.04 Å². The summed E-state index contributed by atoms with van der Waals surface area (Å²) < 4.78 is 34.0. The van der Waals surface area contributed by atoms with E-state index in [0.717, 1.165) is 24.8 Å². The van der Waals surface area contributed by atoms with Crippen molar-refractivity contribution in [2.24, 2.45) is 0 Å². The van der Waals surface area contributed by atoms with E-state index >= 15 is 0 Å². The molecule has 8 nitrogen and oxygen atoms in total. The van der Waals surface area contributed by atoms with Gasteiger partial charge in [0, 0.05) is 18.8 Å². The molecule has 1 atom stereocenters. The van der Waals surface area contributed by atoms with E-state index in [2.05, 4.69) is 5.32 Å². The van der Waals surface area contributed by atoms with Crippen LogP contribution in [-0.4, -0.2) is 36.3 Å². The number of piperidine rings is 1. The zero-order valence-corrected chi connectivity index (χ0v) is 18.3. The molecule has 0 spiro atoms. The first kappa shape index (κ1) is 21.3. The van der Waals surface area contributed by atoms with Crippen LogP contribution in [-0.2, 0) is 14.8 Å². The predicted molar refractivity (Wildman–Crippen MR) is 118 cm³/mol. The monoisotopic (exact) mass is 443 g/mol.